The lowest BCUT2D eigenvalue weighted by Gasteiger charge is -2.36. The van der Waals surface area contributed by atoms with Gasteiger partial charge in [-0.15, -0.1) is 0 Å². The zero-order valence-corrected chi connectivity index (χ0v) is 26.0. The Morgan fingerprint density at radius 1 is 0.902 bits per heavy atom. The Bertz CT molecular complexity index is 1030. The van der Waals surface area contributed by atoms with Crippen LogP contribution < -0.4 is 21.7 Å². The summed E-state index contributed by atoms with van der Waals surface area (Å²) in [6.07, 6.45) is 2.13. The van der Waals surface area contributed by atoms with E-state index >= 15 is 0 Å². The van der Waals surface area contributed by atoms with Crippen LogP contribution in [0.1, 0.15) is 88.0 Å². The number of nitrogens with zero attached hydrogens (tertiary/aromatic N) is 1. The van der Waals surface area contributed by atoms with E-state index in [-0.39, 0.29) is 24.5 Å². The number of Topliss-reactive ketones (excluding diaryl/α,β-unsaturated/α-hetero) is 1. The van der Waals surface area contributed by atoms with Crippen LogP contribution in [0.15, 0.2) is 0 Å². The van der Waals surface area contributed by atoms with E-state index in [9.17, 15) is 28.8 Å². The summed E-state index contributed by atoms with van der Waals surface area (Å²) in [5.74, 6) is -3.33. The normalized spacial score (nSPS) is 21.5. The molecule has 1 heterocycles. The highest BCUT2D eigenvalue weighted by Crippen LogP contribution is 2.34. The molecule has 5 amide bonds. The fraction of sp³-hybridized carbons (Fsp3) is 0.793. The lowest BCUT2D eigenvalue weighted by atomic mass is 9.85. The number of ketones is 1. The van der Waals surface area contributed by atoms with Gasteiger partial charge in [0.25, 0.3) is 5.91 Å². The van der Waals surface area contributed by atoms with Crippen molar-refractivity contribution in [3.05, 3.63) is 0 Å². The van der Waals surface area contributed by atoms with Gasteiger partial charge >= 0.3 is 12.0 Å². The lowest BCUT2D eigenvalue weighted by molar-refractivity contribution is -0.152. The van der Waals surface area contributed by atoms with E-state index < -0.39 is 70.5 Å². The molecule has 5 atom stereocenters. The second-order valence-corrected chi connectivity index (χ2v) is 14.0. The van der Waals surface area contributed by atoms with Crippen molar-refractivity contribution < 1.29 is 33.5 Å². The maximum Gasteiger partial charge on any atom is 0.329 e. The minimum atomic E-state index is -1.11. The van der Waals surface area contributed by atoms with Crippen LogP contribution in [-0.2, 0) is 28.7 Å². The SMILES string of the molecule is CC(C)OC(=O)[C@@H](NC(=O)N[C@H](C(=O)N1C[C@H](C)C[C@H]1C(=O)NC(CC1CC1)C(=O)C(N)=O)C(C)(C)C)C(C)(C)C. The highest BCUT2D eigenvalue weighted by molar-refractivity contribution is 6.37. The molecule has 0 aromatic carbocycles. The largest absolute Gasteiger partial charge is 0.461 e. The molecular formula is C29H49N5O7. The van der Waals surface area contributed by atoms with Crippen LogP contribution in [0.2, 0.25) is 0 Å². The highest BCUT2D eigenvalue weighted by atomic mass is 16.5. The first-order chi connectivity index (χ1) is 18.7. The predicted molar refractivity (Wildman–Crippen MR) is 152 cm³/mol. The number of ether oxygens (including phenoxy) is 1. The zero-order valence-electron chi connectivity index (χ0n) is 26.0. The average Bonchev–Trinajstić information content (AvgIpc) is 3.55. The van der Waals surface area contributed by atoms with Gasteiger partial charge in [0, 0.05) is 6.54 Å². The Kier molecular flexibility index (Phi) is 11.0. The highest BCUT2D eigenvalue weighted by Gasteiger charge is 2.45. The number of esters is 1. The van der Waals surface area contributed by atoms with Crippen LogP contribution in [0.5, 0.6) is 0 Å². The molecule has 1 aliphatic heterocycles. The quantitative estimate of drug-likeness (QED) is 0.212. The summed E-state index contributed by atoms with van der Waals surface area (Å²) < 4.78 is 5.33. The van der Waals surface area contributed by atoms with E-state index in [1.807, 2.05) is 6.92 Å². The lowest BCUT2D eigenvalue weighted by Crippen LogP contribution is -2.62. The van der Waals surface area contributed by atoms with Crippen molar-refractivity contribution in [2.75, 3.05) is 6.54 Å². The van der Waals surface area contributed by atoms with Gasteiger partial charge in [-0.2, -0.15) is 0 Å². The molecule has 0 aromatic heterocycles. The molecule has 1 saturated heterocycles. The second kappa shape index (κ2) is 13.2. The molecule has 0 bridgehead atoms. The summed E-state index contributed by atoms with van der Waals surface area (Å²) in [5.41, 5.74) is 3.79. The van der Waals surface area contributed by atoms with Crippen molar-refractivity contribution in [1.29, 1.82) is 0 Å². The first kappa shape index (κ1) is 34.0. The maximum atomic E-state index is 13.9. The van der Waals surface area contributed by atoms with E-state index in [1.165, 1.54) is 4.90 Å². The smallest absolute Gasteiger partial charge is 0.329 e. The van der Waals surface area contributed by atoms with Crippen LogP contribution in [0.4, 0.5) is 4.79 Å². The molecule has 5 N–H and O–H groups in total. The van der Waals surface area contributed by atoms with Gasteiger partial charge in [0.1, 0.15) is 18.1 Å². The number of amides is 5. The third-order valence-corrected chi connectivity index (χ3v) is 7.36. The Labute approximate surface area is 243 Å². The summed E-state index contributed by atoms with van der Waals surface area (Å²) in [6.45, 7) is 16.4. The van der Waals surface area contributed by atoms with Crippen LogP contribution in [0.25, 0.3) is 0 Å². The Balaban J connectivity index is 2.24. The van der Waals surface area contributed by atoms with Crippen molar-refractivity contribution in [3.63, 3.8) is 0 Å². The molecule has 0 radical (unpaired) electrons. The summed E-state index contributed by atoms with van der Waals surface area (Å²) in [7, 11) is 0. The Morgan fingerprint density at radius 3 is 1.90 bits per heavy atom. The first-order valence-electron chi connectivity index (χ1n) is 14.4. The fourth-order valence-corrected chi connectivity index (χ4v) is 4.94. The third-order valence-electron chi connectivity index (χ3n) is 7.36. The van der Waals surface area contributed by atoms with Crippen molar-refractivity contribution in [2.24, 2.45) is 28.4 Å². The van der Waals surface area contributed by atoms with E-state index in [0.29, 0.717) is 12.8 Å². The first-order valence-corrected chi connectivity index (χ1v) is 14.4. The number of hydrogen-bond donors (Lipinski definition) is 4. The zero-order chi connectivity index (χ0) is 31.4. The molecule has 41 heavy (non-hydrogen) atoms. The number of primary amides is 1. The molecule has 2 fully saturated rings. The van der Waals surface area contributed by atoms with Gasteiger partial charge in [-0.05, 0) is 49.4 Å². The number of rotatable bonds is 11. The second-order valence-electron chi connectivity index (χ2n) is 14.0. The summed E-state index contributed by atoms with van der Waals surface area (Å²) in [4.78, 5) is 78.7. The summed E-state index contributed by atoms with van der Waals surface area (Å²) >= 11 is 0. The van der Waals surface area contributed by atoms with Gasteiger partial charge in [-0.3, -0.25) is 19.2 Å². The molecule has 0 aromatic rings. The van der Waals surface area contributed by atoms with Crippen molar-refractivity contribution in [3.8, 4) is 0 Å². The number of hydrogen-bond acceptors (Lipinski definition) is 7. The average molecular weight is 580 g/mol. The van der Waals surface area contributed by atoms with Gasteiger partial charge in [-0.25, -0.2) is 9.59 Å². The number of carbonyl (C=O) groups excluding carboxylic acids is 6. The molecule has 2 aliphatic rings. The molecule has 12 heteroatoms. The van der Waals surface area contributed by atoms with Crippen LogP contribution >= 0.6 is 0 Å². The molecule has 12 nitrogen and oxygen atoms in total. The minimum absolute atomic E-state index is 0.0195. The van der Waals surface area contributed by atoms with Crippen molar-refractivity contribution >= 4 is 35.5 Å². The third kappa shape index (κ3) is 9.71. The molecule has 1 saturated carbocycles. The molecule has 232 valence electrons. The Hall–Kier alpha value is -3.18. The van der Waals surface area contributed by atoms with Crippen LogP contribution in [-0.4, -0.2) is 77.2 Å². The van der Waals surface area contributed by atoms with E-state index in [0.717, 1.165) is 12.8 Å². The van der Waals surface area contributed by atoms with E-state index in [1.54, 1.807) is 55.4 Å². The molecule has 0 spiro atoms. The number of nitrogens with one attached hydrogen (secondary N) is 3. The van der Waals surface area contributed by atoms with Crippen molar-refractivity contribution in [2.45, 2.75) is 118 Å². The topological polar surface area (TPSA) is 177 Å². The fourth-order valence-electron chi connectivity index (χ4n) is 4.94. The van der Waals surface area contributed by atoms with Gasteiger partial charge in [0.2, 0.25) is 17.6 Å². The molecule has 2 rings (SSSR count). The number of likely N-dealkylation sites (tertiary alicyclic amines) is 1. The van der Waals surface area contributed by atoms with E-state index in [2.05, 4.69) is 16.0 Å². The van der Waals surface area contributed by atoms with E-state index in [4.69, 9.17) is 10.5 Å². The molecule has 1 unspecified atom stereocenters. The van der Waals surface area contributed by atoms with Gasteiger partial charge in [0.05, 0.1) is 12.1 Å². The summed E-state index contributed by atoms with van der Waals surface area (Å²) in [6, 6.07) is -4.67. The van der Waals surface area contributed by atoms with Gasteiger partial charge < -0.3 is 31.3 Å². The minimum Gasteiger partial charge on any atom is -0.461 e. The number of carbonyl (C=O) groups is 6. The number of urea groups is 1. The monoisotopic (exact) mass is 579 g/mol. The van der Waals surface area contributed by atoms with Crippen LogP contribution in [0.3, 0.4) is 0 Å². The van der Waals surface area contributed by atoms with Crippen molar-refractivity contribution in [1.82, 2.24) is 20.9 Å². The molecular weight excluding hydrogens is 530 g/mol. The Morgan fingerprint density at radius 2 is 1.44 bits per heavy atom. The number of nitrogens with two attached hydrogens (primary N) is 1. The van der Waals surface area contributed by atoms with Gasteiger partial charge in [0.15, 0.2) is 0 Å². The summed E-state index contributed by atoms with van der Waals surface area (Å²) in [5, 5.41) is 8.07. The maximum absolute atomic E-state index is 13.9. The predicted octanol–water partition coefficient (Wildman–Crippen LogP) is 1.64. The molecule has 1 aliphatic carbocycles. The standard InChI is InChI=1S/C29H49N5O7/c1-15(2)41-26(39)22(29(7,8)9)33-27(40)32-21(28(4,5)6)25(38)34-14-16(3)12-19(34)24(37)31-18(13-17-10-11-17)20(35)23(30)36/h15-19,21-22H,10-14H2,1-9H3,(H2,30,36)(H,31,37)(H2,32,33,40)/t16-,18?,19+,21-,22-/m1/s1. The van der Waals surface area contributed by atoms with Gasteiger partial charge in [-0.1, -0.05) is 61.3 Å². The van der Waals surface area contributed by atoms with Crippen LogP contribution in [0, 0.1) is 22.7 Å².